The van der Waals surface area contributed by atoms with Crippen LogP contribution in [0.25, 0.3) is 0 Å². The molecule has 0 aromatic heterocycles. The quantitative estimate of drug-likeness (QED) is 0.0422. The lowest BCUT2D eigenvalue weighted by atomic mass is 9.96. The number of carbonyl (C=O) groups is 9. The fraction of sp³-hybridized carbons (Fsp3) is 0.650. The van der Waals surface area contributed by atoms with Gasteiger partial charge in [-0.1, -0.05) is 69.7 Å². The molecule has 0 bridgehead atoms. The molecule has 0 radical (unpaired) electrons. The second-order valence-corrected chi connectivity index (χ2v) is 26.0. The molecule has 2 rings (SSSR count). The van der Waals surface area contributed by atoms with Crippen molar-refractivity contribution in [3.8, 4) is 5.75 Å². The summed E-state index contributed by atoms with van der Waals surface area (Å²) < 4.78 is 23.7. The van der Waals surface area contributed by atoms with Crippen molar-refractivity contribution in [2.75, 3.05) is 24.4 Å². The maximum atomic E-state index is 14.6. The first-order valence-electron chi connectivity index (χ1n) is 28.5. The molecule has 0 unspecified atom stereocenters. The average molecular weight is 1220 g/mol. The van der Waals surface area contributed by atoms with E-state index in [0.717, 1.165) is 0 Å². The number of carboxylic acid groups (broad SMARTS) is 1. The lowest BCUT2D eigenvalue weighted by molar-refractivity contribution is -0.142. The van der Waals surface area contributed by atoms with Crippen molar-refractivity contribution in [2.45, 2.75) is 220 Å². The van der Waals surface area contributed by atoms with Gasteiger partial charge >= 0.3 is 12.1 Å². The number of amides is 8. The number of hydrogen-bond acceptors (Lipinski definition) is 15. The summed E-state index contributed by atoms with van der Waals surface area (Å²) in [4.78, 5) is 125. The van der Waals surface area contributed by atoms with E-state index in [2.05, 4.69) is 55.2 Å². The van der Waals surface area contributed by atoms with Crippen molar-refractivity contribution in [1.29, 1.82) is 0 Å². The number of hydrogen-bond donors (Lipinski definition) is 10. The summed E-state index contributed by atoms with van der Waals surface area (Å²) in [5.41, 5.74) is -1.78. The first kappa shape index (κ1) is 74.0. The van der Waals surface area contributed by atoms with E-state index in [1.54, 1.807) is 138 Å². The summed E-state index contributed by atoms with van der Waals surface area (Å²) >= 11 is 5.80. The van der Waals surface area contributed by atoms with Crippen molar-refractivity contribution in [3.05, 3.63) is 65.7 Å². The van der Waals surface area contributed by atoms with Crippen LogP contribution < -0.4 is 47.3 Å². The summed E-state index contributed by atoms with van der Waals surface area (Å²) in [7, 11) is 0. The Hall–Kier alpha value is -6.11. The minimum atomic E-state index is -1.53. The van der Waals surface area contributed by atoms with Gasteiger partial charge in [-0.05, 0) is 144 Å². The van der Waals surface area contributed by atoms with Gasteiger partial charge in [-0.25, -0.2) is 9.59 Å². The molecule has 472 valence electrons. The molecule has 8 amide bonds. The summed E-state index contributed by atoms with van der Waals surface area (Å²) in [5.74, 6) is -6.51. The molecule has 10 atom stereocenters. The predicted octanol–water partition coefficient (Wildman–Crippen LogP) is 5.18. The van der Waals surface area contributed by atoms with Crippen LogP contribution in [0.5, 0.6) is 5.75 Å². The van der Waals surface area contributed by atoms with E-state index in [9.17, 15) is 48.3 Å². The standard InChI is InChI=1S/C60H96N8O14S2/c1-18-35(3)46(53(74)62-41(55(76)77)29-30-84-17)67-50(71)42(31-37-23-21-20-22-24-37)63-48(69)40(19-2)61-52(73)45(34-83)65-54(75)47(36(4)80-58(8,9)10)68-51(72)44(33-79-57(5,6)7)64-49(70)43(66-56(78)82-60(14,15)16)32-38-25-27-39(28-26-38)81-59(11,12)13/h20-28,35-36,40-47,83H,18-19,29-34H2,1-17H3,(H,61,73)(H,62,74)(H,63,69)(H,64,70)(H,65,75)(H,66,78)(H,67,71)(H,68,72)(H,76,77)/t35-,36+,40-,41-,42-,43-,44-,45-,46-,47-/m0/s1. The Kier molecular flexibility index (Phi) is 30.1. The Morgan fingerprint density at radius 2 is 0.988 bits per heavy atom. The monoisotopic (exact) mass is 1220 g/mol. The van der Waals surface area contributed by atoms with Gasteiger partial charge in [-0.2, -0.15) is 24.4 Å². The van der Waals surface area contributed by atoms with Gasteiger partial charge in [0.25, 0.3) is 0 Å². The molecule has 0 spiro atoms. The second-order valence-electron chi connectivity index (χ2n) is 24.7. The van der Waals surface area contributed by atoms with Gasteiger partial charge in [-0.3, -0.25) is 33.6 Å². The number of rotatable bonds is 32. The molecule has 2 aromatic rings. The number of carboxylic acids is 1. The molecule has 0 aliphatic rings. The fourth-order valence-electron chi connectivity index (χ4n) is 8.13. The third-order valence-corrected chi connectivity index (χ3v) is 13.5. The molecular formula is C60H96N8O14S2. The molecule has 9 N–H and O–H groups in total. The molecule has 2 aromatic carbocycles. The fourth-order valence-corrected chi connectivity index (χ4v) is 8.86. The van der Waals surface area contributed by atoms with E-state index in [0.29, 0.717) is 29.1 Å². The zero-order chi connectivity index (χ0) is 63.9. The molecule has 0 aliphatic carbocycles. The first-order valence-corrected chi connectivity index (χ1v) is 30.5. The van der Waals surface area contributed by atoms with Crippen molar-refractivity contribution in [1.82, 2.24) is 42.5 Å². The Bertz CT molecular complexity index is 2480. The maximum Gasteiger partial charge on any atom is 0.408 e. The Balaban J connectivity index is 2.49. The molecule has 24 heteroatoms. The van der Waals surface area contributed by atoms with Crippen LogP contribution in [0.2, 0.25) is 0 Å². The molecule has 0 aliphatic heterocycles. The second kappa shape index (κ2) is 34.1. The number of benzene rings is 2. The number of nitrogens with one attached hydrogen (secondary N) is 8. The van der Waals surface area contributed by atoms with Gasteiger partial charge in [0.15, 0.2) is 0 Å². The Morgan fingerprint density at radius 3 is 1.49 bits per heavy atom. The van der Waals surface area contributed by atoms with Gasteiger partial charge in [0.2, 0.25) is 41.4 Å². The first-order chi connectivity index (χ1) is 38.9. The highest BCUT2D eigenvalue weighted by atomic mass is 32.2. The smallest absolute Gasteiger partial charge is 0.408 e. The summed E-state index contributed by atoms with van der Waals surface area (Å²) in [5, 5.41) is 31.2. The van der Waals surface area contributed by atoms with E-state index < -0.39 is 143 Å². The molecule has 0 saturated carbocycles. The zero-order valence-corrected chi connectivity index (χ0v) is 53.9. The van der Waals surface area contributed by atoms with Crippen molar-refractivity contribution < 1.29 is 67.2 Å². The minimum absolute atomic E-state index is 0.0146. The van der Waals surface area contributed by atoms with E-state index in [1.165, 1.54) is 11.8 Å². The van der Waals surface area contributed by atoms with Gasteiger partial charge in [0, 0.05) is 18.6 Å². The molecule has 0 heterocycles. The number of carbonyl (C=O) groups excluding carboxylic acids is 8. The molecule has 22 nitrogen and oxygen atoms in total. The number of aliphatic carboxylic acids is 1. The predicted molar refractivity (Wildman–Crippen MR) is 328 cm³/mol. The van der Waals surface area contributed by atoms with Crippen LogP contribution >= 0.6 is 24.4 Å². The highest BCUT2D eigenvalue weighted by Gasteiger charge is 2.38. The highest BCUT2D eigenvalue weighted by Crippen LogP contribution is 2.21. The summed E-state index contributed by atoms with van der Waals surface area (Å²) in [6.45, 7) is 27.5. The number of ether oxygens (including phenoxy) is 4. The van der Waals surface area contributed by atoms with Gasteiger partial charge in [0.05, 0.1) is 23.9 Å². The van der Waals surface area contributed by atoms with Gasteiger partial charge in [0.1, 0.15) is 65.3 Å². The van der Waals surface area contributed by atoms with E-state index >= 15 is 0 Å². The number of thioether (sulfide) groups is 1. The normalized spacial score (nSPS) is 15.5. The number of thiol groups is 1. The van der Waals surface area contributed by atoms with Crippen LogP contribution in [0.3, 0.4) is 0 Å². The number of alkyl carbamates (subject to hydrolysis) is 1. The lowest BCUT2D eigenvalue weighted by Crippen LogP contribution is -2.63. The van der Waals surface area contributed by atoms with Crippen LogP contribution in [-0.4, -0.2) is 160 Å². The summed E-state index contributed by atoms with van der Waals surface area (Å²) in [6, 6.07) is 5.12. The minimum Gasteiger partial charge on any atom is -0.488 e. The zero-order valence-electron chi connectivity index (χ0n) is 52.2. The van der Waals surface area contributed by atoms with E-state index in [4.69, 9.17) is 18.9 Å². The van der Waals surface area contributed by atoms with Crippen LogP contribution in [0.1, 0.15) is 141 Å². The van der Waals surface area contributed by atoms with Crippen LogP contribution in [0.15, 0.2) is 54.6 Å². The van der Waals surface area contributed by atoms with Crippen LogP contribution in [-0.2, 0) is 65.4 Å². The van der Waals surface area contributed by atoms with Crippen LogP contribution in [0, 0.1) is 5.92 Å². The molecule has 84 heavy (non-hydrogen) atoms. The molecular weight excluding hydrogens is 1120 g/mol. The largest absolute Gasteiger partial charge is 0.488 e. The SMILES string of the molecule is CC[C@H](NC(=O)[C@H](CS)NC(=O)[C@@H](NC(=O)[C@H](COC(C)(C)C)NC(=O)[C@H](Cc1ccc(OC(C)(C)C)cc1)NC(=O)OC(C)(C)C)[C@@H](C)OC(C)(C)C)C(=O)N[C@@H](Cc1ccccc1)C(=O)N[C@H](C(=O)N[C@@H](CCSC)C(=O)O)[C@@H](C)CC. The Labute approximate surface area is 506 Å². The third-order valence-electron chi connectivity index (χ3n) is 12.5. The van der Waals surface area contributed by atoms with E-state index in [-0.39, 0.29) is 31.4 Å². The van der Waals surface area contributed by atoms with Crippen LogP contribution in [0.4, 0.5) is 4.79 Å². The average Bonchev–Trinajstić information content (AvgIpc) is 3.60. The van der Waals surface area contributed by atoms with E-state index in [1.807, 2.05) is 34.0 Å². The molecule has 0 fully saturated rings. The molecule has 0 saturated heterocycles. The third kappa shape index (κ3) is 28.2. The maximum absolute atomic E-state index is 14.6. The Morgan fingerprint density at radius 1 is 0.524 bits per heavy atom. The van der Waals surface area contributed by atoms with Gasteiger partial charge in [-0.15, -0.1) is 0 Å². The van der Waals surface area contributed by atoms with Crippen molar-refractivity contribution in [3.63, 3.8) is 0 Å². The van der Waals surface area contributed by atoms with Crippen molar-refractivity contribution >= 4 is 77.8 Å². The topological polar surface area (TPSA) is 307 Å². The van der Waals surface area contributed by atoms with Crippen molar-refractivity contribution in [2.24, 2.45) is 5.92 Å². The lowest BCUT2D eigenvalue weighted by Gasteiger charge is -2.33. The highest BCUT2D eigenvalue weighted by molar-refractivity contribution is 7.98. The van der Waals surface area contributed by atoms with Gasteiger partial charge < -0.3 is 66.6 Å². The summed E-state index contributed by atoms with van der Waals surface area (Å²) in [6.07, 6.45) is 0.391.